The molecule has 1 aliphatic rings. The van der Waals surface area contributed by atoms with Gasteiger partial charge in [-0.15, -0.1) is 11.3 Å². The first kappa shape index (κ1) is 10.8. The smallest absolute Gasteiger partial charge is 0.186 e. The summed E-state index contributed by atoms with van der Waals surface area (Å²) < 4.78 is 0. The van der Waals surface area contributed by atoms with Crippen LogP contribution in [-0.2, 0) is 0 Å². The van der Waals surface area contributed by atoms with Gasteiger partial charge in [-0.3, -0.25) is 9.69 Å². The topological polar surface area (TPSA) is 40.5 Å². The number of nitrogens with zero attached hydrogens (tertiary/aromatic N) is 1. The van der Waals surface area contributed by atoms with Crippen molar-refractivity contribution in [3.05, 3.63) is 22.4 Å². The minimum absolute atomic E-state index is 0.198. The highest BCUT2D eigenvalue weighted by Crippen LogP contribution is 2.17. The van der Waals surface area contributed by atoms with E-state index < -0.39 is 0 Å². The van der Waals surface area contributed by atoms with Crippen LogP contribution in [0.3, 0.4) is 0 Å². The highest BCUT2D eigenvalue weighted by molar-refractivity contribution is 7.12. The zero-order valence-electron chi connectivity index (χ0n) is 8.56. The number of hydrogen-bond acceptors (Lipinski definition) is 4. The molecule has 3 nitrogen and oxygen atoms in total. The highest BCUT2D eigenvalue weighted by atomic mass is 32.1. The molecule has 15 heavy (non-hydrogen) atoms. The lowest BCUT2D eigenvalue weighted by atomic mass is 10.1. The molecule has 82 valence electrons. The first-order valence-corrected chi connectivity index (χ1v) is 6.07. The van der Waals surface area contributed by atoms with Crippen molar-refractivity contribution in [1.82, 2.24) is 4.90 Å². The van der Waals surface area contributed by atoms with Crippen LogP contribution in [0.1, 0.15) is 16.1 Å². The Kier molecular flexibility index (Phi) is 3.51. The van der Waals surface area contributed by atoms with Gasteiger partial charge in [0, 0.05) is 13.2 Å². The summed E-state index contributed by atoms with van der Waals surface area (Å²) in [5.41, 5.74) is 0. The standard InChI is InChI=1S/C11H15NO2S/c13-8-9-3-4-12(6-9)7-10(14)11-2-1-5-15-11/h1-2,5,9,13H,3-4,6-8H2/t9-/m1/s1. The van der Waals surface area contributed by atoms with Gasteiger partial charge in [0.25, 0.3) is 0 Å². The fourth-order valence-corrected chi connectivity index (χ4v) is 2.58. The summed E-state index contributed by atoms with van der Waals surface area (Å²) in [6, 6.07) is 3.77. The lowest BCUT2D eigenvalue weighted by Crippen LogP contribution is -2.27. The van der Waals surface area contributed by atoms with E-state index in [2.05, 4.69) is 4.90 Å². The highest BCUT2D eigenvalue weighted by Gasteiger charge is 2.23. The molecule has 0 radical (unpaired) electrons. The Balaban J connectivity index is 1.86. The van der Waals surface area contributed by atoms with Crippen molar-refractivity contribution < 1.29 is 9.90 Å². The van der Waals surface area contributed by atoms with Gasteiger partial charge in [0.1, 0.15) is 0 Å². The van der Waals surface area contributed by atoms with Crippen molar-refractivity contribution in [1.29, 1.82) is 0 Å². The summed E-state index contributed by atoms with van der Waals surface area (Å²) in [4.78, 5) is 14.7. The Morgan fingerprint density at radius 1 is 1.67 bits per heavy atom. The van der Waals surface area contributed by atoms with E-state index in [4.69, 9.17) is 5.11 Å². The third-order valence-corrected chi connectivity index (χ3v) is 3.70. The maximum absolute atomic E-state index is 11.8. The molecule has 1 aromatic rings. The number of ketones is 1. The number of hydrogen-bond donors (Lipinski definition) is 1. The first-order valence-electron chi connectivity index (χ1n) is 5.19. The molecule has 1 aromatic heterocycles. The molecule has 1 atom stereocenters. The van der Waals surface area contributed by atoms with Crippen LogP contribution in [0.25, 0.3) is 0 Å². The van der Waals surface area contributed by atoms with Gasteiger partial charge in [-0.05, 0) is 30.3 Å². The van der Waals surface area contributed by atoms with Crippen LogP contribution in [0, 0.1) is 5.92 Å². The van der Waals surface area contributed by atoms with E-state index in [9.17, 15) is 4.79 Å². The molecule has 0 amide bonds. The van der Waals surface area contributed by atoms with Gasteiger partial charge >= 0.3 is 0 Å². The van der Waals surface area contributed by atoms with Crippen molar-refractivity contribution >= 4 is 17.1 Å². The number of Topliss-reactive ketones (excluding diaryl/α,β-unsaturated/α-hetero) is 1. The number of carbonyl (C=O) groups excluding carboxylic acids is 1. The fourth-order valence-electron chi connectivity index (χ4n) is 1.92. The number of aliphatic hydroxyl groups is 1. The third kappa shape index (κ3) is 2.65. The van der Waals surface area contributed by atoms with E-state index in [0.717, 1.165) is 24.4 Å². The summed E-state index contributed by atoms with van der Waals surface area (Å²) in [5, 5.41) is 10.9. The van der Waals surface area contributed by atoms with Gasteiger partial charge in [-0.1, -0.05) is 6.07 Å². The van der Waals surface area contributed by atoms with Crippen LogP contribution < -0.4 is 0 Å². The molecule has 0 bridgehead atoms. The van der Waals surface area contributed by atoms with Crippen LogP contribution in [0.4, 0.5) is 0 Å². The van der Waals surface area contributed by atoms with Crippen LogP contribution in [0.5, 0.6) is 0 Å². The predicted octanol–water partition coefficient (Wildman–Crippen LogP) is 1.24. The summed E-state index contributed by atoms with van der Waals surface area (Å²) >= 11 is 1.50. The Labute approximate surface area is 93.3 Å². The normalized spacial score (nSPS) is 22.1. The van der Waals surface area contributed by atoms with Crippen molar-refractivity contribution in [2.75, 3.05) is 26.2 Å². The third-order valence-electron chi connectivity index (χ3n) is 2.79. The molecule has 2 rings (SSSR count). The largest absolute Gasteiger partial charge is 0.396 e. The van der Waals surface area contributed by atoms with Crippen LogP contribution in [0.15, 0.2) is 17.5 Å². The Hall–Kier alpha value is -0.710. The second-order valence-corrected chi connectivity index (χ2v) is 4.92. The quantitative estimate of drug-likeness (QED) is 0.784. The van der Waals surface area contributed by atoms with E-state index in [1.54, 1.807) is 0 Å². The average Bonchev–Trinajstić information content (AvgIpc) is 2.87. The van der Waals surface area contributed by atoms with Gasteiger partial charge in [0.2, 0.25) is 0 Å². The lowest BCUT2D eigenvalue weighted by molar-refractivity contribution is 0.0944. The molecule has 0 saturated carbocycles. The zero-order valence-corrected chi connectivity index (χ0v) is 9.37. The molecular formula is C11H15NO2S. The van der Waals surface area contributed by atoms with Crippen LogP contribution in [0.2, 0.25) is 0 Å². The maximum Gasteiger partial charge on any atom is 0.186 e. The SMILES string of the molecule is O=C(CN1CC[C@@H](CO)C1)c1cccs1. The van der Waals surface area contributed by atoms with Gasteiger partial charge in [0.15, 0.2) is 5.78 Å². The number of rotatable bonds is 4. The second kappa shape index (κ2) is 4.88. The van der Waals surface area contributed by atoms with Gasteiger partial charge in [0.05, 0.1) is 11.4 Å². The first-order chi connectivity index (χ1) is 7.29. The maximum atomic E-state index is 11.8. The minimum atomic E-state index is 0.198. The fraction of sp³-hybridized carbons (Fsp3) is 0.545. The molecule has 0 spiro atoms. The average molecular weight is 225 g/mol. The van der Waals surface area contributed by atoms with Gasteiger partial charge in [-0.25, -0.2) is 0 Å². The molecule has 0 unspecified atom stereocenters. The van der Waals surface area contributed by atoms with Gasteiger partial charge in [-0.2, -0.15) is 0 Å². The minimum Gasteiger partial charge on any atom is -0.396 e. The number of likely N-dealkylation sites (tertiary alicyclic amines) is 1. The van der Waals surface area contributed by atoms with E-state index in [-0.39, 0.29) is 12.4 Å². The summed E-state index contributed by atoms with van der Waals surface area (Å²) in [7, 11) is 0. The molecule has 1 N–H and O–H groups in total. The van der Waals surface area contributed by atoms with E-state index >= 15 is 0 Å². The number of carbonyl (C=O) groups is 1. The monoisotopic (exact) mass is 225 g/mol. The Morgan fingerprint density at radius 3 is 3.13 bits per heavy atom. The number of aliphatic hydroxyl groups excluding tert-OH is 1. The molecular weight excluding hydrogens is 210 g/mol. The Bertz CT molecular complexity index is 323. The molecule has 1 aliphatic heterocycles. The predicted molar refractivity (Wildman–Crippen MR) is 60.3 cm³/mol. The summed E-state index contributed by atoms with van der Waals surface area (Å²) in [5.74, 6) is 0.560. The van der Waals surface area contributed by atoms with Crippen molar-refractivity contribution in [3.8, 4) is 0 Å². The summed E-state index contributed by atoms with van der Waals surface area (Å²) in [6.45, 7) is 2.52. The van der Waals surface area contributed by atoms with E-state index in [1.807, 2.05) is 17.5 Å². The van der Waals surface area contributed by atoms with E-state index in [1.165, 1.54) is 11.3 Å². The van der Waals surface area contributed by atoms with E-state index in [0.29, 0.717) is 12.5 Å². The molecule has 1 saturated heterocycles. The number of thiophene rings is 1. The molecule has 0 aromatic carbocycles. The zero-order chi connectivity index (χ0) is 10.7. The van der Waals surface area contributed by atoms with Crippen molar-refractivity contribution in [2.24, 2.45) is 5.92 Å². The van der Waals surface area contributed by atoms with Crippen LogP contribution >= 0.6 is 11.3 Å². The van der Waals surface area contributed by atoms with Crippen molar-refractivity contribution in [3.63, 3.8) is 0 Å². The summed E-state index contributed by atoms with van der Waals surface area (Å²) in [6.07, 6.45) is 1.01. The molecule has 1 fully saturated rings. The molecule has 2 heterocycles. The van der Waals surface area contributed by atoms with Crippen LogP contribution in [-0.4, -0.2) is 42.0 Å². The molecule has 0 aliphatic carbocycles. The second-order valence-electron chi connectivity index (χ2n) is 3.97. The van der Waals surface area contributed by atoms with Crippen molar-refractivity contribution in [2.45, 2.75) is 6.42 Å². The van der Waals surface area contributed by atoms with Gasteiger partial charge < -0.3 is 5.11 Å². The Morgan fingerprint density at radius 2 is 2.53 bits per heavy atom. The lowest BCUT2D eigenvalue weighted by Gasteiger charge is -2.13. The molecule has 4 heteroatoms.